The molecule has 5 aromatic carbocycles. The van der Waals surface area contributed by atoms with Gasteiger partial charge in [-0.1, -0.05) is 91.0 Å². The first-order chi connectivity index (χ1) is 18.3. The predicted octanol–water partition coefficient (Wildman–Crippen LogP) is 6.94. The summed E-state index contributed by atoms with van der Waals surface area (Å²) in [5, 5.41) is 0.546. The Balaban J connectivity index is 1.54. The van der Waals surface area contributed by atoms with Gasteiger partial charge >= 0.3 is 5.84 Å². The van der Waals surface area contributed by atoms with Crippen molar-refractivity contribution in [1.82, 2.24) is 9.38 Å². The van der Waals surface area contributed by atoms with Gasteiger partial charge in [0, 0.05) is 5.56 Å². The summed E-state index contributed by atoms with van der Waals surface area (Å²) < 4.78 is 7.82. The van der Waals surface area contributed by atoms with E-state index in [1.807, 2.05) is 24.3 Å². The Morgan fingerprint density at radius 2 is 1.19 bits per heavy atom. The third-order valence-corrected chi connectivity index (χ3v) is 8.27. The number of rotatable bonds is 0. The van der Waals surface area contributed by atoms with Crippen molar-refractivity contribution in [2.45, 2.75) is 5.41 Å². The number of fused-ring (bicyclic) bond motifs is 15. The van der Waals surface area contributed by atoms with Crippen LogP contribution in [-0.2, 0) is 5.41 Å². The first kappa shape index (κ1) is 19.3. The van der Waals surface area contributed by atoms with E-state index in [9.17, 15) is 4.79 Å². The van der Waals surface area contributed by atoms with Crippen LogP contribution in [-0.4, -0.2) is 9.38 Å². The van der Waals surface area contributed by atoms with E-state index in [1.165, 1.54) is 33.4 Å². The highest BCUT2D eigenvalue weighted by Gasteiger charge is 2.52. The minimum Gasteiger partial charge on any atom is -0.424 e. The second kappa shape index (κ2) is 6.42. The summed E-state index contributed by atoms with van der Waals surface area (Å²) >= 11 is 0. The summed E-state index contributed by atoms with van der Waals surface area (Å²) in [5.74, 6) is 0.317. The molecule has 172 valence electrons. The lowest BCUT2D eigenvalue weighted by atomic mass is 9.70. The first-order valence-electron chi connectivity index (χ1n) is 12.5. The highest BCUT2D eigenvalue weighted by atomic mass is 16.3. The molecule has 0 bridgehead atoms. The number of para-hydroxylation sites is 1. The lowest BCUT2D eigenvalue weighted by Gasteiger charge is -2.30. The third kappa shape index (κ3) is 2.09. The average molecular weight is 475 g/mol. The Bertz CT molecular complexity index is 2120. The number of aromatic nitrogens is 2. The fraction of sp³-hybridized carbons (Fsp3) is 0.0303. The molecule has 2 aromatic heterocycles. The van der Waals surface area contributed by atoms with Crippen molar-refractivity contribution >= 4 is 27.8 Å². The number of hydrogen-bond acceptors (Lipinski definition) is 3. The highest BCUT2D eigenvalue weighted by molar-refractivity contribution is 6.02. The summed E-state index contributed by atoms with van der Waals surface area (Å²) in [5.41, 5.74) is 11.1. The Morgan fingerprint density at radius 3 is 1.86 bits per heavy atom. The standard InChI is InChI=1S/C33H18N2O2/c36-31-23-12-4-8-16-28(23)37-32-34-30-27(35(31)32)18-17-22-21-11-3-7-15-26(21)33(29(22)30)24-13-5-1-9-19(24)20-10-2-6-14-25(20)33/h1-18H. The monoisotopic (exact) mass is 474 g/mol. The summed E-state index contributed by atoms with van der Waals surface area (Å²) in [6.45, 7) is 0. The SMILES string of the molecule is O=c1c2ccccc2oc2nc3c4c(ccc3n12)-c1ccccc1C41c2ccccc2-c2ccccc21. The number of hydrogen-bond donors (Lipinski definition) is 0. The highest BCUT2D eigenvalue weighted by Crippen LogP contribution is 2.63. The van der Waals surface area contributed by atoms with Crippen LogP contribution < -0.4 is 5.56 Å². The lowest BCUT2D eigenvalue weighted by Crippen LogP contribution is -2.26. The van der Waals surface area contributed by atoms with Gasteiger partial charge in [0.15, 0.2) is 0 Å². The fourth-order valence-corrected chi connectivity index (χ4v) is 6.92. The van der Waals surface area contributed by atoms with Crippen LogP contribution in [0.4, 0.5) is 0 Å². The van der Waals surface area contributed by atoms with Crippen LogP contribution in [0.1, 0.15) is 22.3 Å². The van der Waals surface area contributed by atoms with E-state index < -0.39 is 5.41 Å². The molecule has 2 aliphatic carbocycles. The van der Waals surface area contributed by atoms with Crippen LogP contribution in [0.5, 0.6) is 0 Å². The van der Waals surface area contributed by atoms with Crippen molar-refractivity contribution in [2.24, 2.45) is 0 Å². The van der Waals surface area contributed by atoms with Gasteiger partial charge in [-0.3, -0.25) is 4.79 Å². The molecule has 0 atom stereocenters. The second-order valence-electron chi connectivity index (χ2n) is 9.88. The zero-order valence-electron chi connectivity index (χ0n) is 19.6. The Hall–Kier alpha value is -4.96. The molecule has 0 saturated heterocycles. The largest absolute Gasteiger partial charge is 0.424 e. The van der Waals surface area contributed by atoms with E-state index >= 15 is 0 Å². The molecule has 0 amide bonds. The van der Waals surface area contributed by atoms with E-state index in [-0.39, 0.29) is 5.56 Å². The van der Waals surface area contributed by atoms with Crippen molar-refractivity contribution in [1.29, 1.82) is 0 Å². The van der Waals surface area contributed by atoms with Crippen molar-refractivity contribution < 1.29 is 4.42 Å². The smallest absolute Gasteiger partial charge is 0.310 e. The third-order valence-electron chi connectivity index (χ3n) is 8.27. The van der Waals surface area contributed by atoms with Crippen LogP contribution in [0.3, 0.4) is 0 Å². The molecule has 1 spiro atoms. The quantitative estimate of drug-likeness (QED) is 0.239. The summed E-state index contributed by atoms with van der Waals surface area (Å²) in [6.07, 6.45) is 0. The van der Waals surface area contributed by atoms with Crippen LogP contribution in [0.2, 0.25) is 0 Å². The van der Waals surface area contributed by atoms with Gasteiger partial charge in [-0.25, -0.2) is 4.40 Å². The predicted molar refractivity (Wildman–Crippen MR) is 145 cm³/mol. The molecule has 37 heavy (non-hydrogen) atoms. The van der Waals surface area contributed by atoms with Crippen molar-refractivity contribution in [2.75, 3.05) is 0 Å². The van der Waals surface area contributed by atoms with Crippen LogP contribution >= 0.6 is 0 Å². The molecule has 0 aliphatic heterocycles. The van der Waals surface area contributed by atoms with Crippen LogP contribution in [0.25, 0.3) is 50.1 Å². The van der Waals surface area contributed by atoms with Gasteiger partial charge in [0.2, 0.25) is 0 Å². The first-order valence-corrected chi connectivity index (χ1v) is 12.5. The minimum atomic E-state index is -0.529. The zero-order chi connectivity index (χ0) is 24.3. The molecule has 0 unspecified atom stereocenters. The molecule has 0 fully saturated rings. The fourth-order valence-electron chi connectivity index (χ4n) is 6.92. The normalized spacial score (nSPS) is 14.3. The molecule has 4 nitrogen and oxygen atoms in total. The number of benzene rings is 5. The summed E-state index contributed by atoms with van der Waals surface area (Å²) in [4.78, 5) is 18.7. The maximum absolute atomic E-state index is 13.7. The molecule has 2 aliphatic rings. The van der Waals surface area contributed by atoms with Gasteiger partial charge in [-0.15, -0.1) is 0 Å². The minimum absolute atomic E-state index is 0.115. The van der Waals surface area contributed by atoms with Gasteiger partial charge in [0.05, 0.1) is 21.8 Å². The van der Waals surface area contributed by atoms with E-state index in [0.29, 0.717) is 16.8 Å². The zero-order valence-corrected chi connectivity index (χ0v) is 19.6. The van der Waals surface area contributed by atoms with Gasteiger partial charge in [0.25, 0.3) is 5.56 Å². The van der Waals surface area contributed by atoms with Crippen molar-refractivity contribution in [3.63, 3.8) is 0 Å². The number of imidazole rings is 1. The molecule has 2 heterocycles. The molecular weight excluding hydrogens is 456 g/mol. The van der Waals surface area contributed by atoms with E-state index in [1.54, 1.807) is 10.5 Å². The molecule has 7 aromatic rings. The Morgan fingerprint density at radius 1 is 0.622 bits per heavy atom. The Labute approximate surface area is 211 Å². The maximum atomic E-state index is 13.7. The summed E-state index contributed by atoms with van der Waals surface area (Å²) in [7, 11) is 0. The van der Waals surface area contributed by atoms with E-state index in [0.717, 1.165) is 22.2 Å². The average Bonchev–Trinajstić information content (AvgIpc) is 3.57. The second-order valence-corrected chi connectivity index (χ2v) is 9.88. The number of nitrogens with zero attached hydrogens (tertiary/aromatic N) is 2. The van der Waals surface area contributed by atoms with Crippen LogP contribution in [0, 0.1) is 0 Å². The topological polar surface area (TPSA) is 47.5 Å². The van der Waals surface area contributed by atoms with Gasteiger partial charge < -0.3 is 4.42 Å². The van der Waals surface area contributed by atoms with Gasteiger partial charge in [-0.05, 0) is 57.1 Å². The van der Waals surface area contributed by atoms with E-state index in [4.69, 9.17) is 9.40 Å². The summed E-state index contributed by atoms with van der Waals surface area (Å²) in [6, 6.07) is 37.6. The maximum Gasteiger partial charge on any atom is 0.310 e. The van der Waals surface area contributed by atoms with Crippen molar-refractivity contribution in [3.8, 4) is 22.3 Å². The molecule has 0 N–H and O–H groups in total. The van der Waals surface area contributed by atoms with Gasteiger partial charge in [0.1, 0.15) is 5.58 Å². The molecule has 0 saturated carbocycles. The van der Waals surface area contributed by atoms with Crippen molar-refractivity contribution in [3.05, 3.63) is 142 Å². The van der Waals surface area contributed by atoms with Crippen LogP contribution in [0.15, 0.2) is 118 Å². The Kier molecular flexibility index (Phi) is 3.34. The van der Waals surface area contributed by atoms with E-state index in [2.05, 4.69) is 78.9 Å². The van der Waals surface area contributed by atoms with Gasteiger partial charge in [-0.2, -0.15) is 4.98 Å². The lowest BCUT2D eigenvalue weighted by molar-refractivity contribution is 0.616. The molecular formula is C33H18N2O2. The molecule has 9 rings (SSSR count). The molecule has 0 radical (unpaired) electrons. The molecule has 4 heteroatoms.